The Morgan fingerprint density at radius 2 is 1.71 bits per heavy atom. The van der Waals surface area contributed by atoms with Gasteiger partial charge < -0.3 is 25.5 Å². The lowest BCUT2D eigenvalue weighted by molar-refractivity contribution is -0.134. The molecule has 15 nitrogen and oxygen atoms in total. The number of halogens is 1. The minimum Gasteiger partial charge on any atom is -0.390 e. The fraction of sp³-hybridized carbons (Fsp3) is 0.487. The first kappa shape index (κ1) is 38.3. The first-order chi connectivity index (χ1) is 26.2. The molecule has 0 aliphatic carbocycles. The van der Waals surface area contributed by atoms with E-state index in [-0.39, 0.29) is 23.5 Å². The van der Waals surface area contributed by atoms with E-state index in [1.54, 1.807) is 29.3 Å². The minimum atomic E-state index is -0.913. The molecule has 2 amide bonds. The normalized spacial score (nSPS) is 17.1. The summed E-state index contributed by atoms with van der Waals surface area (Å²) in [5.74, 6) is 0.0896. The summed E-state index contributed by atoms with van der Waals surface area (Å²) >= 11 is 6.62. The van der Waals surface area contributed by atoms with Gasteiger partial charge in [-0.15, -0.1) is 0 Å². The number of hydrogen-bond donors (Lipinski definition) is 4. The predicted molar refractivity (Wildman–Crippen MR) is 215 cm³/mol. The van der Waals surface area contributed by atoms with Crippen LogP contribution >= 0.6 is 11.6 Å². The summed E-state index contributed by atoms with van der Waals surface area (Å²) in [6, 6.07) is 12.1. The third-order valence-corrected chi connectivity index (χ3v) is 10.8. The molecule has 3 aromatic heterocycles. The van der Waals surface area contributed by atoms with Crippen molar-refractivity contribution in [2.75, 3.05) is 49.3 Å². The van der Waals surface area contributed by atoms with Crippen LogP contribution in [-0.4, -0.2) is 96.1 Å². The van der Waals surface area contributed by atoms with Crippen LogP contribution in [0.15, 0.2) is 47.4 Å². The highest BCUT2D eigenvalue weighted by Gasteiger charge is 2.32. The van der Waals surface area contributed by atoms with E-state index < -0.39 is 11.5 Å². The molecular formula is C39H50ClN11O4. The highest BCUT2D eigenvalue weighted by Crippen LogP contribution is 2.33. The Hall–Kier alpha value is -4.99. The average molecular weight is 772 g/mol. The fourth-order valence-corrected chi connectivity index (χ4v) is 7.68. The summed E-state index contributed by atoms with van der Waals surface area (Å²) in [6.45, 7) is 6.83. The second-order valence-electron chi connectivity index (χ2n) is 15.7. The van der Waals surface area contributed by atoms with Crippen molar-refractivity contribution in [2.24, 2.45) is 7.05 Å². The van der Waals surface area contributed by atoms with E-state index in [9.17, 15) is 19.5 Å². The van der Waals surface area contributed by atoms with Gasteiger partial charge in [0, 0.05) is 62.5 Å². The van der Waals surface area contributed by atoms with E-state index in [2.05, 4.69) is 41.9 Å². The number of imidazole rings is 1. The zero-order valence-corrected chi connectivity index (χ0v) is 32.9. The molecule has 1 atom stereocenters. The van der Waals surface area contributed by atoms with Gasteiger partial charge in [-0.3, -0.25) is 28.7 Å². The van der Waals surface area contributed by atoms with Gasteiger partial charge >= 0.3 is 5.69 Å². The number of carbonyl (C=O) groups excluding carboxylic acids is 2. The topological polar surface area (TPSA) is 167 Å². The molecule has 0 saturated carbocycles. The first-order valence-corrected chi connectivity index (χ1v) is 19.3. The number of nitrogens with one attached hydrogen (secondary N) is 3. The molecule has 5 aromatic rings. The minimum absolute atomic E-state index is 0.0909. The van der Waals surface area contributed by atoms with E-state index >= 15 is 0 Å². The summed E-state index contributed by atoms with van der Waals surface area (Å²) in [6.07, 6.45) is 5.38. The summed E-state index contributed by atoms with van der Waals surface area (Å²) in [7, 11) is 5.91. The number of aliphatic hydroxyl groups is 1. The fourth-order valence-electron chi connectivity index (χ4n) is 7.54. The second kappa shape index (κ2) is 15.6. The van der Waals surface area contributed by atoms with Crippen molar-refractivity contribution in [2.45, 2.75) is 83.0 Å². The molecule has 5 heterocycles. The summed E-state index contributed by atoms with van der Waals surface area (Å²) in [4.78, 5) is 51.5. The SMILES string of the molecule is CN(C)CCCn1c(=O)n(CCC(C)(C)O)c2cc(Nc3nc(N4CCC(Nc5ccc6c(C7CCC(=O)NC7=O)nn(C)c6c5)CC4)ncc3Cl)ccc21. The molecule has 2 aliphatic rings. The number of nitrogens with zero attached hydrogens (tertiary/aromatic N) is 8. The molecule has 7 rings (SSSR count). The Balaban J connectivity index is 1.03. The van der Waals surface area contributed by atoms with Gasteiger partial charge in [-0.1, -0.05) is 11.6 Å². The maximum Gasteiger partial charge on any atom is 0.329 e. The molecule has 2 aliphatic heterocycles. The number of anilines is 4. The quantitative estimate of drug-likeness (QED) is 0.124. The lowest BCUT2D eigenvalue weighted by Gasteiger charge is -2.33. The number of imide groups is 1. The van der Waals surface area contributed by atoms with Gasteiger partial charge in [0.2, 0.25) is 17.8 Å². The van der Waals surface area contributed by atoms with Crippen LogP contribution < -0.4 is 26.5 Å². The van der Waals surface area contributed by atoms with Gasteiger partial charge in [0.1, 0.15) is 5.02 Å². The maximum absolute atomic E-state index is 13.6. The van der Waals surface area contributed by atoms with Crippen molar-refractivity contribution < 1.29 is 14.7 Å². The van der Waals surface area contributed by atoms with Crippen LogP contribution in [0.4, 0.5) is 23.1 Å². The zero-order chi connectivity index (χ0) is 39.0. The molecule has 16 heteroatoms. The number of aromatic nitrogens is 6. The molecule has 55 heavy (non-hydrogen) atoms. The van der Waals surface area contributed by atoms with Crippen molar-refractivity contribution in [3.63, 3.8) is 0 Å². The van der Waals surface area contributed by atoms with Crippen LogP contribution in [0.1, 0.15) is 64.0 Å². The smallest absolute Gasteiger partial charge is 0.329 e. The van der Waals surface area contributed by atoms with Gasteiger partial charge in [-0.05, 0) is 103 Å². The number of aryl methyl sites for hydroxylation is 3. The highest BCUT2D eigenvalue weighted by molar-refractivity contribution is 6.33. The summed E-state index contributed by atoms with van der Waals surface area (Å²) in [5.41, 5.74) is 3.95. The van der Waals surface area contributed by atoms with E-state index in [0.717, 1.165) is 72.2 Å². The van der Waals surface area contributed by atoms with Gasteiger partial charge in [0.25, 0.3) is 0 Å². The van der Waals surface area contributed by atoms with Crippen LogP contribution in [0.5, 0.6) is 0 Å². The number of piperidine rings is 2. The highest BCUT2D eigenvalue weighted by atomic mass is 35.5. The molecule has 2 saturated heterocycles. The van der Waals surface area contributed by atoms with E-state index in [1.165, 1.54) is 0 Å². The number of fused-ring (bicyclic) bond motifs is 2. The van der Waals surface area contributed by atoms with Crippen LogP contribution in [0.2, 0.25) is 5.02 Å². The standard InChI is InChI=1S/C39H50ClN11O4/c1-39(2,55)15-20-51-32-22-26(8-11-30(32)50(38(51)54)17-6-16-47(3)4)43-35-29(40)23-41-37(45-35)49-18-13-24(14-19-49)42-25-7-9-27-31(21-25)48(5)46-34(27)28-10-12-33(52)44-36(28)53/h7-9,11,21-24,28,42,55H,6,10,12-20H2,1-5H3,(H,41,43,45)(H,44,52,53). The molecule has 2 fully saturated rings. The molecule has 0 spiro atoms. The van der Waals surface area contributed by atoms with Crippen molar-refractivity contribution in [1.82, 2.24) is 39.1 Å². The molecule has 1 unspecified atom stereocenters. The van der Waals surface area contributed by atoms with Crippen molar-refractivity contribution in [3.8, 4) is 0 Å². The number of hydrogen-bond acceptors (Lipinski definition) is 11. The van der Waals surface area contributed by atoms with Crippen molar-refractivity contribution >= 4 is 68.5 Å². The van der Waals surface area contributed by atoms with E-state index in [0.29, 0.717) is 54.8 Å². The Bertz CT molecular complexity index is 2280. The predicted octanol–water partition coefficient (Wildman–Crippen LogP) is 4.59. The first-order valence-electron chi connectivity index (χ1n) is 19.0. The van der Waals surface area contributed by atoms with Gasteiger partial charge in [-0.2, -0.15) is 10.1 Å². The van der Waals surface area contributed by atoms with Crippen molar-refractivity contribution in [3.05, 3.63) is 63.8 Å². The number of rotatable bonds is 13. The Morgan fingerprint density at radius 3 is 2.44 bits per heavy atom. The Morgan fingerprint density at radius 1 is 0.982 bits per heavy atom. The third kappa shape index (κ3) is 8.48. The molecule has 2 aromatic carbocycles. The van der Waals surface area contributed by atoms with Crippen LogP contribution in [0, 0.1) is 0 Å². The van der Waals surface area contributed by atoms with Crippen molar-refractivity contribution in [1.29, 1.82) is 0 Å². The largest absolute Gasteiger partial charge is 0.390 e. The zero-order valence-electron chi connectivity index (χ0n) is 32.1. The van der Waals surface area contributed by atoms with Gasteiger partial charge in [0.05, 0.1) is 40.0 Å². The molecule has 292 valence electrons. The summed E-state index contributed by atoms with van der Waals surface area (Å²) in [5, 5.41) is 25.9. The van der Waals surface area contributed by atoms with E-state index in [1.807, 2.05) is 56.0 Å². The Labute approximate surface area is 324 Å². The van der Waals surface area contributed by atoms with Crippen LogP contribution in [-0.2, 0) is 29.7 Å². The average Bonchev–Trinajstić information content (AvgIpc) is 3.59. The van der Waals surface area contributed by atoms with E-state index in [4.69, 9.17) is 16.6 Å². The Kier molecular flexibility index (Phi) is 10.9. The van der Waals surface area contributed by atoms with Gasteiger partial charge in [0.15, 0.2) is 5.82 Å². The van der Waals surface area contributed by atoms with Crippen LogP contribution in [0.25, 0.3) is 21.9 Å². The number of benzene rings is 2. The van der Waals surface area contributed by atoms with Crippen LogP contribution in [0.3, 0.4) is 0 Å². The molecule has 0 radical (unpaired) electrons. The lowest BCUT2D eigenvalue weighted by atomic mass is 9.93. The molecule has 4 N–H and O–H groups in total. The second-order valence-corrected chi connectivity index (χ2v) is 16.1. The summed E-state index contributed by atoms with van der Waals surface area (Å²) < 4.78 is 5.36. The lowest BCUT2D eigenvalue weighted by Crippen LogP contribution is -2.40. The maximum atomic E-state index is 13.6. The molecular weight excluding hydrogens is 722 g/mol. The number of carbonyl (C=O) groups is 2. The number of amides is 2. The monoisotopic (exact) mass is 771 g/mol. The third-order valence-electron chi connectivity index (χ3n) is 10.5. The van der Waals surface area contributed by atoms with Gasteiger partial charge in [-0.25, -0.2) is 9.78 Å². The molecule has 0 bridgehead atoms.